The zero-order valence-electron chi connectivity index (χ0n) is 11.6. The van der Waals surface area contributed by atoms with Gasteiger partial charge in [-0.1, -0.05) is 0 Å². The molecule has 0 amide bonds. The highest BCUT2D eigenvalue weighted by molar-refractivity contribution is 7.89. The lowest BCUT2D eigenvalue weighted by Gasteiger charge is -2.22. The third-order valence-corrected chi connectivity index (χ3v) is 5.58. The molecular formula is C14H16FN3O2S. The van der Waals surface area contributed by atoms with Crippen LogP contribution in [0.3, 0.4) is 0 Å². The topological polar surface area (TPSA) is 66.1 Å². The molecule has 0 aliphatic carbocycles. The van der Waals surface area contributed by atoms with Crippen LogP contribution >= 0.6 is 0 Å². The lowest BCUT2D eigenvalue weighted by Crippen LogP contribution is -2.31. The van der Waals surface area contributed by atoms with E-state index in [4.69, 9.17) is 0 Å². The molecule has 21 heavy (non-hydrogen) atoms. The minimum absolute atomic E-state index is 0.110. The number of hydrogen-bond donors (Lipinski definition) is 1. The van der Waals surface area contributed by atoms with Crippen LogP contribution in [0.5, 0.6) is 0 Å². The molecule has 1 aromatic carbocycles. The smallest absolute Gasteiger partial charge is 0.243 e. The molecule has 0 spiro atoms. The molecule has 0 saturated carbocycles. The summed E-state index contributed by atoms with van der Waals surface area (Å²) in [6.07, 6.45) is 3.20. The third kappa shape index (κ3) is 2.58. The molecule has 1 atom stereocenters. The molecule has 0 radical (unpaired) electrons. The predicted octanol–water partition coefficient (Wildman–Crippen LogP) is 2.38. The normalized spacial score (nSPS) is 20.0. The van der Waals surface area contributed by atoms with Gasteiger partial charge < -0.3 is 4.98 Å². The SMILES string of the molecule is Cc1cnc([C@H]2CCCN2S(=O)(=O)c2ccc(F)cc2)[nH]1. The molecule has 1 fully saturated rings. The maximum atomic E-state index is 13.0. The molecule has 0 unspecified atom stereocenters. The van der Waals surface area contributed by atoms with Crippen LogP contribution in [0.15, 0.2) is 35.4 Å². The molecule has 1 aliphatic heterocycles. The van der Waals surface area contributed by atoms with Gasteiger partial charge in [0, 0.05) is 18.4 Å². The minimum Gasteiger partial charge on any atom is -0.345 e. The standard InChI is InChI=1S/C14H16FN3O2S/c1-10-9-16-14(17-10)13-3-2-8-18(13)21(19,20)12-6-4-11(15)5-7-12/h4-7,9,13H,2-3,8H2,1H3,(H,16,17)/t13-/m1/s1. The first-order valence-corrected chi connectivity index (χ1v) is 8.21. The van der Waals surface area contributed by atoms with Crippen LogP contribution in [0, 0.1) is 12.7 Å². The number of rotatable bonds is 3. The van der Waals surface area contributed by atoms with Crippen molar-refractivity contribution in [1.82, 2.24) is 14.3 Å². The van der Waals surface area contributed by atoms with E-state index in [0.717, 1.165) is 30.7 Å². The van der Waals surface area contributed by atoms with E-state index in [1.165, 1.54) is 16.4 Å². The summed E-state index contributed by atoms with van der Waals surface area (Å²) in [7, 11) is -3.64. The summed E-state index contributed by atoms with van der Waals surface area (Å²) in [5.41, 5.74) is 0.899. The second-order valence-electron chi connectivity index (χ2n) is 5.18. The minimum atomic E-state index is -3.64. The average molecular weight is 309 g/mol. The summed E-state index contributed by atoms with van der Waals surface area (Å²) in [6, 6.07) is 4.64. The van der Waals surface area contributed by atoms with Gasteiger partial charge in [-0.15, -0.1) is 0 Å². The van der Waals surface area contributed by atoms with E-state index in [1.807, 2.05) is 6.92 Å². The molecule has 2 aromatic rings. The van der Waals surface area contributed by atoms with Crippen molar-refractivity contribution in [2.45, 2.75) is 30.7 Å². The van der Waals surface area contributed by atoms with Crippen molar-refractivity contribution in [3.63, 3.8) is 0 Å². The Kier molecular flexibility index (Phi) is 3.54. The van der Waals surface area contributed by atoms with Crippen molar-refractivity contribution >= 4 is 10.0 Å². The van der Waals surface area contributed by atoms with E-state index in [-0.39, 0.29) is 10.9 Å². The fourth-order valence-electron chi connectivity index (χ4n) is 2.65. The number of aryl methyl sites for hydroxylation is 1. The van der Waals surface area contributed by atoms with Crippen LogP contribution in [0.25, 0.3) is 0 Å². The van der Waals surface area contributed by atoms with E-state index in [1.54, 1.807) is 6.20 Å². The van der Waals surface area contributed by atoms with Crippen molar-refractivity contribution in [1.29, 1.82) is 0 Å². The summed E-state index contributed by atoms with van der Waals surface area (Å²) in [5, 5.41) is 0. The Hall–Kier alpha value is -1.73. The van der Waals surface area contributed by atoms with Gasteiger partial charge in [-0.05, 0) is 44.0 Å². The summed E-state index contributed by atoms with van der Waals surface area (Å²) in [6.45, 7) is 2.33. The van der Waals surface area contributed by atoms with Crippen molar-refractivity contribution in [2.24, 2.45) is 0 Å². The van der Waals surface area contributed by atoms with Crippen molar-refractivity contribution in [3.8, 4) is 0 Å². The van der Waals surface area contributed by atoms with Gasteiger partial charge in [-0.3, -0.25) is 0 Å². The fourth-order valence-corrected chi connectivity index (χ4v) is 4.31. The highest BCUT2D eigenvalue weighted by atomic mass is 32.2. The van der Waals surface area contributed by atoms with Crippen LogP contribution in [0.4, 0.5) is 4.39 Å². The van der Waals surface area contributed by atoms with Gasteiger partial charge in [0.2, 0.25) is 10.0 Å². The number of benzene rings is 1. The summed E-state index contributed by atoms with van der Waals surface area (Å²) in [4.78, 5) is 7.46. The zero-order valence-corrected chi connectivity index (χ0v) is 12.4. The summed E-state index contributed by atoms with van der Waals surface area (Å²) in [5.74, 6) is 0.212. The Morgan fingerprint density at radius 3 is 2.67 bits per heavy atom. The van der Waals surface area contributed by atoms with E-state index in [0.29, 0.717) is 12.4 Å². The van der Waals surface area contributed by atoms with Gasteiger partial charge in [0.1, 0.15) is 11.6 Å². The van der Waals surface area contributed by atoms with Gasteiger partial charge in [-0.25, -0.2) is 17.8 Å². The summed E-state index contributed by atoms with van der Waals surface area (Å²) >= 11 is 0. The predicted molar refractivity (Wildman–Crippen MR) is 75.6 cm³/mol. The van der Waals surface area contributed by atoms with Gasteiger partial charge >= 0.3 is 0 Å². The number of nitrogens with zero attached hydrogens (tertiary/aromatic N) is 2. The maximum Gasteiger partial charge on any atom is 0.243 e. The molecule has 1 saturated heterocycles. The van der Waals surface area contributed by atoms with E-state index in [9.17, 15) is 12.8 Å². The van der Waals surface area contributed by atoms with Crippen LogP contribution in [-0.4, -0.2) is 29.2 Å². The van der Waals surface area contributed by atoms with E-state index < -0.39 is 15.8 Å². The number of nitrogens with one attached hydrogen (secondary N) is 1. The maximum absolute atomic E-state index is 13.0. The van der Waals surface area contributed by atoms with Crippen LogP contribution < -0.4 is 0 Å². The largest absolute Gasteiger partial charge is 0.345 e. The van der Waals surface area contributed by atoms with Crippen molar-refractivity contribution < 1.29 is 12.8 Å². The zero-order chi connectivity index (χ0) is 15.0. The number of aromatic amines is 1. The Morgan fingerprint density at radius 1 is 1.33 bits per heavy atom. The monoisotopic (exact) mass is 309 g/mol. The van der Waals surface area contributed by atoms with Crippen LogP contribution in [0.2, 0.25) is 0 Å². The van der Waals surface area contributed by atoms with Gasteiger partial charge in [0.25, 0.3) is 0 Å². The first kappa shape index (κ1) is 14.2. The number of H-pyrrole nitrogens is 1. The average Bonchev–Trinajstić information content (AvgIpc) is 3.07. The van der Waals surface area contributed by atoms with E-state index >= 15 is 0 Å². The fraction of sp³-hybridized carbons (Fsp3) is 0.357. The Bertz CT molecular complexity index is 740. The lowest BCUT2D eigenvalue weighted by atomic mass is 10.2. The highest BCUT2D eigenvalue weighted by Crippen LogP contribution is 2.35. The number of sulfonamides is 1. The Balaban J connectivity index is 1.96. The highest BCUT2D eigenvalue weighted by Gasteiger charge is 2.37. The molecule has 1 aliphatic rings. The number of hydrogen-bond acceptors (Lipinski definition) is 3. The van der Waals surface area contributed by atoms with Gasteiger partial charge in [-0.2, -0.15) is 4.31 Å². The number of halogens is 1. The molecule has 3 rings (SSSR count). The molecule has 5 nitrogen and oxygen atoms in total. The molecule has 1 aromatic heterocycles. The molecule has 0 bridgehead atoms. The van der Waals surface area contributed by atoms with Crippen LogP contribution in [-0.2, 0) is 10.0 Å². The van der Waals surface area contributed by atoms with Crippen LogP contribution in [0.1, 0.15) is 30.4 Å². The second kappa shape index (κ2) is 5.23. The number of aromatic nitrogens is 2. The second-order valence-corrected chi connectivity index (χ2v) is 7.07. The summed E-state index contributed by atoms with van der Waals surface area (Å²) < 4.78 is 39.8. The Morgan fingerprint density at radius 2 is 2.05 bits per heavy atom. The van der Waals surface area contributed by atoms with Crippen molar-refractivity contribution in [3.05, 3.63) is 47.8 Å². The molecular weight excluding hydrogens is 293 g/mol. The van der Waals surface area contributed by atoms with Gasteiger partial charge in [0.05, 0.1) is 10.9 Å². The van der Waals surface area contributed by atoms with Crippen molar-refractivity contribution in [2.75, 3.05) is 6.54 Å². The lowest BCUT2D eigenvalue weighted by molar-refractivity contribution is 0.385. The first-order chi connectivity index (χ1) is 9.98. The van der Waals surface area contributed by atoms with Gasteiger partial charge in [0.15, 0.2) is 0 Å². The Labute approximate surface area is 122 Å². The first-order valence-electron chi connectivity index (χ1n) is 6.77. The quantitative estimate of drug-likeness (QED) is 0.946. The molecule has 2 heterocycles. The molecule has 7 heteroatoms. The molecule has 1 N–H and O–H groups in total. The van der Waals surface area contributed by atoms with E-state index in [2.05, 4.69) is 9.97 Å². The molecule has 112 valence electrons. The third-order valence-electron chi connectivity index (χ3n) is 3.66. The number of imidazole rings is 1.